The fourth-order valence-electron chi connectivity index (χ4n) is 2.68. The lowest BCUT2D eigenvalue weighted by Gasteiger charge is -2.01. The molecule has 0 spiro atoms. The molecular formula is C21H19ClN4. The molecule has 130 valence electrons. The first kappa shape index (κ1) is 16.6. The van der Waals surface area contributed by atoms with Crippen LogP contribution >= 0.6 is 11.6 Å². The standard InChI is InChI=1S/C21H19ClN4/c1-16-15-25(16)14-6-5-9-20-23-21(17-10-12-18(22)13-11-17)24-26(20)19-7-3-2-4-8-19/h2-14,16H,15H2,1H3/b9-5-,14-6+. The highest BCUT2D eigenvalue weighted by atomic mass is 35.5. The van der Waals surface area contributed by atoms with Crippen LogP contribution < -0.4 is 0 Å². The number of nitrogens with zero attached hydrogens (tertiary/aromatic N) is 4. The molecule has 4 nitrogen and oxygen atoms in total. The lowest BCUT2D eigenvalue weighted by Crippen LogP contribution is -1.98. The normalized spacial score (nSPS) is 16.7. The Hall–Kier alpha value is -2.85. The SMILES string of the molecule is CC1CN1/C=C/C=C\c1nc(-c2ccc(Cl)cc2)nn1-c1ccccc1. The van der Waals surface area contributed by atoms with Gasteiger partial charge in [-0.3, -0.25) is 0 Å². The van der Waals surface area contributed by atoms with E-state index in [0.717, 1.165) is 23.6 Å². The van der Waals surface area contributed by atoms with Gasteiger partial charge >= 0.3 is 0 Å². The first-order valence-electron chi connectivity index (χ1n) is 8.60. The van der Waals surface area contributed by atoms with Crippen LogP contribution in [0.25, 0.3) is 23.2 Å². The largest absolute Gasteiger partial charge is 0.371 e. The Labute approximate surface area is 158 Å². The Morgan fingerprint density at radius 3 is 2.46 bits per heavy atom. The summed E-state index contributed by atoms with van der Waals surface area (Å²) in [5.41, 5.74) is 1.91. The topological polar surface area (TPSA) is 33.7 Å². The van der Waals surface area contributed by atoms with Crippen LogP contribution in [0, 0.1) is 0 Å². The zero-order valence-electron chi connectivity index (χ0n) is 14.5. The van der Waals surface area contributed by atoms with Gasteiger partial charge in [0, 0.05) is 23.2 Å². The minimum absolute atomic E-state index is 0.657. The molecule has 1 atom stereocenters. The molecule has 4 rings (SSSR count). The molecular weight excluding hydrogens is 344 g/mol. The number of halogens is 1. The molecule has 0 amide bonds. The molecule has 2 aromatic carbocycles. The third-order valence-electron chi connectivity index (χ3n) is 4.28. The summed E-state index contributed by atoms with van der Waals surface area (Å²) in [6.07, 6.45) is 8.12. The van der Waals surface area contributed by atoms with Gasteiger partial charge in [0.15, 0.2) is 11.6 Å². The predicted octanol–water partition coefficient (Wildman–Crippen LogP) is 4.82. The van der Waals surface area contributed by atoms with Gasteiger partial charge in [-0.25, -0.2) is 9.67 Å². The quantitative estimate of drug-likeness (QED) is 0.482. The molecule has 3 aromatic rings. The maximum Gasteiger partial charge on any atom is 0.182 e. The molecule has 0 aliphatic carbocycles. The van der Waals surface area contributed by atoms with Gasteiger partial charge in [0.1, 0.15) is 0 Å². The minimum Gasteiger partial charge on any atom is -0.371 e. The first-order valence-corrected chi connectivity index (χ1v) is 8.97. The van der Waals surface area contributed by atoms with Crippen molar-refractivity contribution in [2.24, 2.45) is 0 Å². The highest BCUT2D eigenvalue weighted by Crippen LogP contribution is 2.21. The number of allylic oxidation sites excluding steroid dienone is 2. The van der Waals surface area contributed by atoms with Crippen molar-refractivity contribution in [3.05, 3.63) is 83.8 Å². The molecule has 26 heavy (non-hydrogen) atoms. The van der Waals surface area contributed by atoms with Crippen LogP contribution in [0.2, 0.25) is 5.02 Å². The van der Waals surface area contributed by atoms with E-state index in [4.69, 9.17) is 21.7 Å². The van der Waals surface area contributed by atoms with Gasteiger partial charge in [-0.05, 0) is 61.7 Å². The zero-order valence-corrected chi connectivity index (χ0v) is 15.2. The van der Waals surface area contributed by atoms with Crippen LogP contribution in [-0.2, 0) is 0 Å². The van der Waals surface area contributed by atoms with E-state index in [9.17, 15) is 0 Å². The molecule has 0 radical (unpaired) electrons. The Balaban J connectivity index is 1.67. The van der Waals surface area contributed by atoms with Gasteiger partial charge in [0.2, 0.25) is 0 Å². The van der Waals surface area contributed by atoms with Gasteiger partial charge in [0.05, 0.1) is 5.69 Å². The molecule has 0 bridgehead atoms. The van der Waals surface area contributed by atoms with E-state index in [1.807, 2.05) is 77.5 Å². The Kier molecular flexibility index (Phi) is 4.59. The molecule has 1 unspecified atom stereocenters. The van der Waals surface area contributed by atoms with Gasteiger partial charge in [-0.1, -0.05) is 35.9 Å². The number of aromatic nitrogens is 3. The van der Waals surface area contributed by atoms with E-state index in [2.05, 4.69) is 18.0 Å². The molecule has 2 heterocycles. The maximum absolute atomic E-state index is 5.99. The number of hydrogen-bond acceptors (Lipinski definition) is 3. The second-order valence-corrected chi connectivity index (χ2v) is 6.73. The van der Waals surface area contributed by atoms with Crippen molar-refractivity contribution in [2.45, 2.75) is 13.0 Å². The van der Waals surface area contributed by atoms with E-state index in [0.29, 0.717) is 16.9 Å². The number of benzene rings is 2. The van der Waals surface area contributed by atoms with Crippen molar-refractivity contribution in [1.29, 1.82) is 0 Å². The van der Waals surface area contributed by atoms with E-state index in [1.54, 1.807) is 0 Å². The van der Waals surface area contributed by atoms with Gasteiger partial charge in [-0.15, -0.1) is 5.10 Å². The van der Waals surface area contributed by atoms with Crippen molar-refractivity contribution in [1.82, 2.24) is 19.7 Å². The van der Waals surface area contributed by atoms with Crippen LogP contribution in [0.1, 0.15) is 12.7 Å². The molecule has 0 saturated carbocycles. The van der Waals surface area contributed by atoms with Crippen LogP contribution in [0.4, 0.5) is 0 Å². The fraction of sp³-hybridized carbons (Fsp3) is 0.143. The van der Waals surface area contributed by atoms with E-state index in [1.165, 1.54) is 0 Å². The first-order chi connectivity index (χ1) is 12.7. The summed E-state index contributed by atoms with van der Waals surface area (Å²) < 4.78 is 1.86. The van der Waals surface area contributed by atoms with Gasteiger partial charge in [-0.2, -0.15) is 0 Å². The van der Waals surface area contributed by atoms with Crippen molar-refractivity contribution in [3.8, 4) is 17.1 Å². The van der Waals surface area contributed by atoms with Crippen molar-refractivity contribution >= 4 is 17.7 Å². The highest BCUT2D eigenvalue weighted by Gasteiger charge is 2.24. The van der Waals surface area contributed by atoms with Crippen LogP contribution in [-0.4, -0.2) is 32.3 Å². The Morgan fingerprint density at radius 2 is 1.77 bits per heavy atom. The number of rotatable bonds is 5. The third-order valence-corrected chi connectivity index (χ3v) is 4.53. The Bertz CT molecular complexity index is 942. The molecule has 1 saturated heterocycles. The molecule has 1 aliphatic rings. The summed E-state index contributed by atoms with van der Waals surface area (Å²) >= 11 is 5.99. The lowest BCUT2D eigenvalue weighted by molar-refractivity contribution is 0.702. The van der Waals surface area contributed by atoms with Crippen LogP contribution in [0.15, 0.2) is 72.9 Å². The fourth-order valence-corrected chi connectivity index (χ4v) is 2.81. The summed E-state index contributed by atoms with van der Waals surface area (Å²) in [5, 5.41) is 5.40. The lowest BCUT2D eigenvalue weighted by atomic mass is 10.2. The van der Waals surface area contributed by atoms with Crippen molar-refractivity contribution in [3.63, 3.8) is 0 Å². The molecule has 5 heteroatoms. The predicted molar refractivity (Wildman–Crippen MR) is 106 cm³/mol. The third kappa shape index (κ3) is 3.70. The van der Waals surface area contributed by atoms with Crippen molar-refractivity contribution in [2.75, 3.05) is 6.54 Å². The average molecular weight is 363 g/mol. The maximum atomic E-state index is 5.99. The minimum atomic E-state index is 0.657. The summed E-state index contributed by atoms with van der Waals surface area (Å²) in [5.74, 6) is 1.46. The summed E-state index contributed by atoms with van der Waals surface area (Å²) in [6.45, 7) is 3.34. The van der Waals surface area contributed by atoms with E-state index in [-0.39, 0.29) is 0 Å². The average Bonchev–Trinajstić information content (AvgIpc) is 3.20. The smallest absolute Gasteiger partial charge is 0.182 e. The van der Waals surface area contributed by atoms with Crippen LogP contribution in [0.3, 0.4) is 0 Å². The molecule has 1 aliphatic heterocycles. The zero-order chi connectivity index (χ0) is 17.9. The summed E-state index contributed by atoms with van der Waals surface area (Å²) in [4.78, 5) is 6.98. The molecule has 1 aromatic heterocycles. The molecule has 1 fully saturated rings. The summed E-state index contributed by atoms with van der Waals surface area (Å²) in [7, 11) is 0. The van der Waals surface area contributed by atoms with Gasteiger partial charge in [0.25, 0.3) is 0 Å². The second-order valence-electron chi connectivity index (χ2n) is 6.29. The van der Waals surface area contributed by atoms with Crippen LogP contribution in [0.5, 0.6) is 0 Å². The highest BCUT2D eigenvalue weighted by molar-refractivity contribution is 6.30. The number of hydrogen-bond donors (Lipinski definition) is 0. The summed E-state index contributed by atoms with van der Waals surface area (Å²) in [6, 6.07) is 18.2. The van der Waals surface area contributed by atoms with Crippen molar-refractivity contribution < 1.29 is 0 Å². The van der Waals surface area contributed by atoms with Gasteiger partial charge < -0.3 is 4.90 Å². The monoisotopic (exact) mass is 362 g/mol. The molecule has 0 N–H and O–H groups in total. The second kappa shape index (κ2) is 7.18. The van der Waals surface area contributed by atoms with E-state index >= 15 is 0 Å². The van der Waals surface area contributed by atoms with E-state index < -0.39 is 0 Å². The number of para-hydroxylation sites is 1. The Morgan fingerprint density at radius 1 is 1.04 bits per heavy atom.